The molecule has 1 radical (unpaired) electrons. The summed E-state index contributed by atoms with van der Waals surface area (Å²) >= 11 is 0. The van der Waals surface area contributed by atoms with Crippen LogP contribution in [0.4, 0.5) is 0 Å². The van der Waals surface area contributed by atoms with Gasteiger partial charge in [-0.3, -0.25) is 4.79 Å². The van der Waals surface area contributed by atoms with Crippen LogP contribution in [0.1, 0.15) is 0 Å². The van der Waals surface area contributed by atoms with Crippen molar-refractivity contribution in [3.8, 4) is 0 Å². The van der Waals surface area contributed by atoms with Crippen molar-refractivity contribution in [3.05, 3.63) is 6.92 Å². The molecule has 0 saturated heterocycles. The third kappa shape index (κ3) is 1.72. The summed E-state index contributed by atoms with van der Waals surface area (Å²) in [4.78, 5) is 9.51. The van der Waals surface area contributed by atoms with Gasteiger partial charge in [0, 0.05) is 0 Å². The molecule has 6 heavy (non-hydrogen) atoms. The van der Waals surface area contributed by atoms with Gasteiger partial charge in [-0.05, 0) is 6.92 Å². The normalized spacial score (nSPS) is 13.7. The molecule has 0 fully saturated rings. The summed E-state index contributed by atoms with van der Waals surface area (Å²) in [6.45, 7) is 3.02. The van der Waals surface area contributed by atoms with Crippen LogP contribution in [-0.2, 0) is 4.79 Å². The van der Waals surface area contributed by atoms with Crippen molar-refractivity contribution in [2.45, 2.75) is 6.04 Å². The van der Waals surface area contributed by atoms with Crippen LogP contribution in [0.3, 0.4) is 0 Å². The summed E-state index contributed by atoms with van der Waals surface area (Å²) in [6, 6.07) is -0.981. The van der Waals surface area contributed by atoms with E-state index in [0.29, 0.717) is 0 Å². The van der Waals surface area contributed by atoms with Gasteiger partial charge in [-0.1, -0.05) is 0 Å². The molecule has 0 spiro atoms. The second-order valence-electron chi connectivity index (χ2n) is 0.945. The predicted octanol–water partition coefficient (Wildman–Crippen LogP) is -0.768. The molecular weight excluding hydrogens is 82.0 g/mol. The van der Waals surface area contributed by atoms with Crippen molar-refractivity contribution in [1.29, 1.82) is 0 Å². The average molecular weight is 88.1 g/mol. The summed E-state index contributed by atoms with van der Waals surface area (Å²) < 4.78 is 0. The van der Waals surface area contributed by atoms with E-state index in [4.69, 9.17) is 10.8 Å². The zero-order chi connectivity index (χ0) is 5.15. The summed E-state index contributed by atoms with van der Waals surface area (Å²) in [5.41, 5.74) is 4.72. The Bertz CT molecular complexity index is 59.8. The lowest BCUT2D eigenvalue weighted by molar-refractivity contribution is -0.137. The van der Waals surface area contributed by atoms with E-state index in [2.05, 4.69) is 6.92 Å². The maximum atomic E-state index is 9.51. The van der Waals surface area contributed by atoms with Crippen LogP contribution >= 0.6 is 0 Å². The van der Waals surface area contributed by atoms with E-state index >= 15 is 0 Å². The van der Waals surface area contributed by atoms with Crippen LogP contribution in [0.25, 0.3) is 0 Å². The third-order valence-electron chi connectivity index (χ3n) is 0.317. The van der Waals surface area contributed by atoms with E-state index in [-0.39, 0.29) is 0 Å². The number of carboxylic acids is 1. The van der Waals surface area contributed by atoms with E-state index in [0.717, 1.165) is 0 Å². The standard InChI is InChI=1S/C3H6NO2/c1-2(4)3(5)6/h2H,1,4H2,(H,5,6)/t2-/m1/s1. The van der Waals surface area contributed by atoms with Gasteiger partial charge in [0.05, 0.1) is 0 Å². The van der Waals surface area contributed by atoms with E-state index in [1.165, 1.54) is 0 Å². The highest BCUT2D eigenvalue weighted by Crippen LogP contribution is 1.67. The van der Waals surface area contributed by atoms with E-state index in [9.17, 15) is 4.79 Å². The highest BCUT2D eigenvalue weighted by Gasteiger charge is 1.99. The highest BCUT2D eigenvalue weighted by molar-refractivity contribution is 5.73. The van der Waals surface area contributed by atoms with Gasteiger partial charge in [-0.15, -0.1) is 0 Å². The molecule has 0 unspecified atom stereocenters. The molecule has 0 aliphatic rings. The third-order valence-corrected chi connectivity index (χ3v) is 0.317. The Morgan fingerprint density at radius 1 is 2.00 bits per heavy atom. The lowest BCUT2D eigenvalue weighted by atomic mass is 10.4. The summed E-state index contributed by atoms with van der Waals surface area (Å²) in [7, 11) is 0. The topological polar surface area (TPSA) is 63.3 Å². The van der Waals surface area contributed by atoms with Gasteiger partial charge < -0.3 is 10.8 Å². The summed E-state index contributed by atoms with van der Waals surface area (Å²) in [6.07, 6.45) is 0. The van der Waals surface area contributed by atoms with Crippen molar-refractivity contribution in [3.63, 3.8) is 0 Å². The minimum absolute atomic E-state index is 0.981. The van der Waals surface area contributed by atoms with Crippen LogP contribution in [0, 0.1) is 6.92 Å². The maximum absolute atomic E-state index is 9.51. The number of carboxylic acid groups (broad SMARTS) is 1. The lowest BCUT2D eigenvalue weighted by Gasteiger charge is -1.89. The Labute approximate surface area is 35.8 Å². The second-order valence-corrected chi connectivity index (χ2v) is 0.945. The van der Waals surface area contributed by atoms with Crippen molar-refractivity contribution in [1.82, 2.24) is 0 Å². The number of carbonyl (C=O) groups is 1. The van der Waals surface area contributed by atoms with Crippen LogP contribution in [0.5, 0.6) is 0 Å². The first-order chi connectivity index (χ1) is 2.64. The minimum Gasteiger partial charge on any atom is -0.480 e. The molecule has 3 nitrogen and oxygen atoms in total. The van der Waals surface area contributed by atoms with Crippen LogP contribution in [-0.4, -0.2) is 17.1 Å². The molecule has 0 heterocycles. The van der Waals surface area contributed by atoms with Gasteiger partial charge in [0.2, 0.25) is 0 Å². The molecule has 0 saturated carbocycles. The van der Waals surface area contributed by atoms with Gasteiger partial charge in [-0.2, -0.15) is 0 Å². The molecule has 3 N–H and O–H groups in total. The number of nitrogens with two attached hydrogens (primary N) is 1. The first-order valence-electron chi connectivity index (χ1n) is 1.46. The molecule has 0 aliphatic carbocycles. The quantitative estimate of drug-likeness (QED) is 0.442. The fraction of sp³-hybridized carbons (Fsp3) is 0.333. The zero-order valence-corrected chi connectivity index (χ0v) is 3.22. The Morgan fingerprint density at radius 2 is 2.17 bits per heavy atom. The number of rotatable bonds is 1. The van der Waals surface area contributed by atoms with E-state index in [1.54, 1.807) is 0 Å². The molecule has 3 heteroatoms. The molecule has 0 aliphatic heterocycles. The minimum atomic E-state index is -1.07. The monoisotopic (exact) mass is 88.0 g/mol. The molecule has 0 rings (SSSR count). The largest absolute Gasteiger partial charge is 0.480 e. The molecule has 0 aromatic heterocycles. The molecule has 0 aromatic carbocycles. The van der Waals surface area contributed by atoms with Gasteiger partial charge in [0.15, 0.2) is 0 Å². The number of hydrogen-bond donors (Lipinski definition) is 2. The highest BCUT2D eigenvalue weighted by atomic mass is 16.4. The van der Waals surface area contributed by atoms with Crippen molar-refractivity contribution >= 4 is 5.97 Å². The van der Waals surface area contributed by atoms with Gasteiger partial charge in [0.25, 0.3) is 0 Å². The van der Waals surface area contributed by atoms with E-state index < -0.39 is 12.0 Å². The van der Waals surface area contributed by atoms with Gasteiger partial charge in [-0.25, -0.2) is 0 Å². The van der Waals surface area contributed by atoms with Crippen LogP contribution in [0.15, 0.2) is 0 Å². The molecule has 0 bridgehead atoms. The van der Waals surface area contributed by atoms with Crippen molar-refractivity contribution < 1.29 is 9.90 Å². The lowest BCUT2D eigenvalue weighted by Crippen LogP contribution is -2.25. The summed E-state index contributed by atoms with van der Waals surface area (Å²) in [5.74, 6) is -1.07. The second kappa shape index (κ2) is 1.77. The Hall–Kier alpha value is -0.570. The van der Waals surface area contributed by atoms with Crippen molar-refractivity contribution in [2.75, 3.05) is 0 Å². The molecular formula is C3H6NO2. The molecule has 0 aromatic rings. The molecule has 35 valence electrons. The van der Waals surface area contributed by atoms with Crippen molar-refractivity contribution in [2.24, 2.45) is 5.73 Å². The van der Waals surface area contributed by atoms with Crippen LogP contribution < -0.4 is 5.73 Å². The van der Waals surface area contributed by atoms with Crippen LogP contribution in [0.2, 0.25) is 0 Å². The fourth-order valence-electron chi connectivity index (χ4n) is 0. The molecule has 1 atom stereocenters. The number of hydrogen-bond acceptors (Lipinski definition) is 2. The molecule has 0 amide bonds. The zero-order valence-electron chi connectivity index (χ0n) is 3.22. The van der Waals surface area contributed by atoms with Gasteiger partial charge in [0.1, 0.15) is 6.04 Å². The number of aliphatic carboxylic acids is 1. The SMILES string of the molecule is [CH2][C@@H](N)C(=O)O. The Balaban J connectivity index is 3.26. The Morgan fingerprint density at radius 3 is 2.17 bits per heavy atom. The fourth-order valence-corrected chi connectivity index (χ4v) is 0. The predicted molar refractivity (Wildman–Crippen MR) is 21.0 cm³/mol. The maximum Gasteiger partial charge on any atom is 0.320 e. The first-order valence-corrected chi connectivity index (χ1v) is 1.46. The average Bonchev–Trinajstić information content (AvgIpc) is 1.36. The summed E-state index contributed by atoms with van der Waals surface area (Å²) in [5, 5.41) is 7.80. The Kier molecular flexibility index (Phi) is 1.60. The smallest absolute Gasteiger partial charge is 0.320 e. The van der Waals surface area contributed by atoms with Gasteiger partial charge >= 0.3 is 5.97 Å². The van der Waals surface area contributed by atoms with E-state index in [1.807, 2.05) is 0 Å². The first kappa shape index (κ1) is 5.43.